The lowest BCUT2D eigenvalue weighted by atomic mass is 9.82. The van der Waals surface area contributed by atoms with Gasteiger partial charge < -0.3 is 20.0 Å². The second kappa shape index (κ2) is 9.69. The first-order chi connectivity index (χ1) is 18.1. The number of carbonyl (C=O) groups is 1. The predicted octanol–water partition coefficient (Wildman–Crippen LogP) is 3.15. The molecular formula is C26H31N5O6Si. The minimum Gasteiger partial charge on any atom is -0.432 e. The van der Waals surface area contributed by atoms with E-state index in [0.29, 0.717) is 29.9 Å². The maximum atomic E-state index is 13.4. The van der Waals surface area contributed by atoms with Crippen LogP contribution >= 0.6 is 0 Å². The van der Waals surface area contributed by atoms with Crippen molar-refractivity contribution in [2.45, 2.75) is 56.1 Å². The summed E-state index contributed by atoms with van der Waals surface area (Å²) in [6.45, 7) is 5.83. The van der Waals surface area contributed by atoms with E-state index in [1.54, 1.807) is 10.9 Å². The number of aliphatic hydroxyl groups excluding tert-OH is 1. The number of ether oxygens (including phenoxy) is 1. The van der Waals surface area contributed by atoms with E-state index in [9.17, 15) is 24.8 Å². The fourth-order valence-electron chi connectivity index (χ4n) is 6.16. The summed E-state index contributed by atoms with van der Waals surface area (Å²) in [6, 6.07) is 13.9. The molecule has 1 unspecified atom stereocenters. The second-order valence-electron chi connectivity index (χ2n) is 10.6. The zero-order valence-electron chi connectivity index (χ0n) is 21.4. The summed E-state index contributed by atoms with van der Waals surface area (Å²) < 4.78 is 8.22. The van der Waals surface area contributed by atoms with Gasteiger partial charge in [0.1, 0.15) is 0 Å². The van der Waals surface area contributed by atoms with Crippen LogP contribution in [0.1, 0.15) is 36.1 Å². The van der Waals surface area contributed by atoms with Gasteiger partial charge in [0.25, 0.3) is 11.6 Å². The first kappa shape index (κ1) is 26.2. The molecule has 1 fully saturated rings. The lowest BCUT2D eigenvalue weighted by molar-refractivity contribution is -0.385. The molecule has 5 atom stereocenters. The summed E-state index contributed by atoms with van der Waals surface area (Å²) in [5.41, 5.74) is 0.643. The van der Waals surface area contributed by atoms with Crippen molar-refractivity contribution in [3.05, 3.63) is 81.7 Å². The standard InChI is InChI=1S/C26H31N5O6Si/c1-16-24(38(2,3)36)23(37-26(16)20-13-18(31(34)35)9-10-21(20)27-25(26)33)11-12-30-14-22(28-29-30)19(15-32)17-7-5-4-6-8-17/h4-10,13-14,16,19,23-24,32,36H,11-12,15H2,1-3H3,(H,27,33)/t16-,19?,23+,24-,26+/m1/s1. The molecule has 0 bridgehead atoms. The molecule has 0 saturated carbocycles. The van der Waals surface area contributed by atoms with Crippen molar-refractivity contribution < 1.29 is 24.4 Å². The van der Waals surface area contributed by atoms with Crippen LogP contribution in [0.2, 0.25) is 18.6 Å². The fraction of sp³-hybridized carbons (Fsp3) is 0.423. The Labute approximate surface area is 220 Å². The fourth-order valence-corrected chi connectivity index (χ4v) is 8.77. The summed E-state index contributed by atoms with van der Waals surface area (Å²) in [5, 5.41) is 32.8. The van der Waals surface area contributed by atoms with Crippen molar-refractivity contribution >= 4 is 25.6 Å². The molecule has 2 aliphatic rings. The molecule has 38 heavy (non-hydrogen) atoms. The molecule has 2 aliphatic heterocycles. The molecule has 1 amide bonds. The van der Waals surface area contributed by atoms with Crippen LogP contribution < -0.4 is 5.32 Å². The van der Waals surface area contributed by atoms with Crippen molar-refractivity contribution in [1.82, 2.24) is 15.0 Å². The normalized spacial score (nSPS) is 25.4. The van der Waals surface area contributed by atoms with Gasteiger partial charge in [0, 0.05) is 47.6 Å². The van der Waals surface area contributed by atoms with E-state index in [4.69, 9.17) is 4.74 Å². The quantitative estimate of drug-likeness (QED) is 0.225. The third kappa shape index (κ3) is 4.32. The lowest BCUT2D eigenvalue weighted by Crippen LogP contribution is -2.43. The topological polar surface area (TPSA) is 153 Å². The van der Waals surface area contributed by atoms with Gasteiger partial charge in [-0.2, -0.15) is 0 Å². The molecule has 1 saturated heterocycles. The highest BCUT2D eigenvalue weighted by molar-refractivity contribution is 6.71. The molecule has 0 radical (unpaired) electrons. The van der Waals surface area contributed by atoms with Crippen LogP contribution in [0.15, 0.2) is 54.7 Å². The van der Waals surface area contributed by atoms with Crippen LogP contribution in [0.5, 0.6) is 0 Å². The van der Waals surface area contributed by atoms with Gasteiger partial charge in [-0.05, 0) is 31.1 Å². The Bertz CT molecular complexity index is 1360. The van der Waals surface area contributed by atoms with Crippen LogP contribution in [-0.2, 0) is 21.7 Å². The molecule has 12 heteroatoms. The number of hydrogen-bond donors (Lipinski definition) is 3. The number of non-ortho nitro benzene ring substituents is 1. The van der Waals surface area contributed by atoms with Gasteiger partial charge in [-0.25, -0.2) is 0 Å². The number of nitro groups is 1. The Balaban J connectivity index is 1.42. The van der Waals surface area contributed by atoms with Crippen molar-refractivity contribution in [2.24, 2.45) is 5.92 Å². The van der Waals surface area contributed by atoms with Gasteiger partial charge in [0.2, 0.25) is 0 Å². The molecule has 5 rings (SSSR count). The average Bonchev–Trinajstić information content (AvgIpc) is 3.54. The number of anilines is 1. The molecule has 200 valence electrons. The molecule has 0 aliphatic carbocycles. The maximum Gasteiger partial charge on any atom is 0.269 e. The molecule has 3 N–H and O–H groups in total. The number of aliphatic hydroxyl groups is 1. The first-order valence-corrected chi connectivity index (χ1v) is 15.6. The molecule has 1 spiro atoms. The number of benzene rings is 2. The van der Waals surface area contributed by atoms with Gasteiger partial charge in [-0.1, -0.05) is 42.5 Å². The minimum absolute atomic E-state index is 0.110. The minimum atomic E-state index is -2.85. The molecule has 3 heterocycles. The summed E-state index contributed by atoms with van der Waals surface area (Å²) in [5.74, 6) is -1.09. The number of carbonyl (C=O) groups excluding carboxylic acids is 1. The molecular weight excluding hydrogens is 506 g/mol. The third-order valence-corrected chi connectivity index (χ3v) is 10.4. The average molecular weight is 538 g/mol. The number of amides is 1. The summed E-state index contributed by atoms with van der Waals surface area (Å²) in [4.78, 5) is 35.6. The van der Waals surface area contributed by atoms with E-state index >= 15 is 0 Å². The monoisotopic (exact) mass is 537 g/mol. The van der Waals surface area contributed by atoms with Gasteiger partial charge >= 0.3 is 0 Å². The van der Waals surface area contributed by atoms with Crippen LogP contribution in [0, 0.1) is 16.0 Å². The number of aromatic nitrogens is 3. The van der Waals surface area contributed by atoms with Crippen molar-refractivity contribution in [3.63, 3.8) is 0 Å². The number of hydrogen-bond acceptors (Lipinski definition) is 8. The Kier molecular flexibility index (Phi) is 6.67. The van der Waals surface area contributed by atoms with E-state index in [2.05, 4.69) is 15.6 Å². The Morgan fingerprint density at radius 1 is 1.26 bits per heavy atom. The highest BCUT2D eigenvalue weighted by Gasteiger charge is 2.64. The van der Waals surface area contributed by atoms with E-state index < -0.39 is 30.9 Å². The molecule has 11 nitrogen and oxygen atoms in total. The van der Waals surface area contributed by atoms with Crippen LogP contribution in [-0.4, -0.2) is 56.8 Å². The van der Waals surface area contributed by atoms with Gasteiger partial charge in [-0.3, -0.25) is 19.6 Å². The highest BCUT2D eigenvalue weighted by atomic mass is 28.4. The largest absolute Gasteiger partial charge is 0.432 e. The number of aryl methyl sites for hydroxylation is 1. The number of nitrogens with zero attached hydrogens (tertiary/aromatic N) is 4. The SMILES string of the molecule is C[C@@H]1[C@@H]([Si](C)(C)O)[C@H](CCn2cc(C(CO)c3ccccc3)nn2)O[C@@]12C(=O)Nc1ccc([N+](=O)[O-])cc12. The number of nitro benzene ring substituents is 1. The van der Waals surface area contributed by atoms with E-state index in [1.807, 2.05) is 50.3 Å². The summed E-state index contributed by atoms with van der Waals surface area (Å²) in [7, 11) is -2.85. The number of rotatable bonds is 8. The number of fused-ring (bicyclic) bond motifs is 2. The molecule has 2 aromatic carbocycles. The first-order valence-electron chi connectivity index (χ1n) is 12.6. The van der Waals surface area contributed by atoms with Gasteiger partial charge in [0.15, 0.2) is 13.9 Å². The van der Waals surface area contributed by atoms with Gasteiger partial charge in [0.05, 0.1) is 29.2 Å². The van der Waals surface area contributed by atoms with Crippen molar-refractivity contribution in [1.29, 1.82) is 0 Å². The summed E-state index contributed by atoms with van der Waals surface area (Å²) in [6.07, 6.45) is 1.76. The molecule has 3 aromatic rings. The smallest absolute Gasteiger partial charge is 0.269 e. The Morgan fingerprint density at radius 3 is 2.66 bits per heavy atom. The lowest BCUT2D eigenvalue weighted by Gasteiger charge is -2.32. The van der Waals surface area contributed by atoms with Crippen molar-refractivity contribution in [2.75, 3.05) is 11.9 Å². The van der Waals surface area contributed by atoms with Gasteiger partial charge in [-0.15, -0.1) is 5.10 Å². The Hall–Kier alpha value is -3.45. The highest BCUT2D eigenvalue weighted by Crippen LogP contribution is 2.58. The Morgan fingerprint density at radius 2 is 2.00 bits per heavy atom. The summed E-state index contributed by atoms with van der Waals surface area (Å²) >= 11 is 0. The zero-order valence-corrected chi connectivity index (χ0v) is 22.4. The second-order valence-corrected chi connectivity index (χ2v) is 14.6. The van der Waals surface area contributed by atoms with Crippen LogP contribution in [0.3, 0.4) is 0 Å². The number of nitrogens with one attached hydrogen (secondary N) is 1. The molecule has 1 aromatic heterocycles. The third-order valence-electron chi connectivity index (χ3n) is 7.87. The van der Waals surface area contributed by atoms with Crippen LogP contribution in [0.4, 0.5) is 11.4 Å². The van der Waals surface area contributed by atoms with Crippen molar-refractivity contribution in [3.8, 4) is 0 Å². The predicted molar refractivity (Wildman–Crippen MR) is 141 cm³/mol. The zero-order chi connectivity index (χ0) is 27.2. The van der Waals surface area contributed by atoms with E-state index in [0.717, 1.165) is 5.56 Å². The maximum absolute atomic E-state index is 13.4. The van der Waals surface area contributed by atoms with Crippen LogP contribution in [0.25, 0.3) is 0 Å². The van der Waals surface area contributed by atoms with E-state index in [1.165, 1.54) is 18.2 Å². The van der Waals surface area contributed by atoms with E-state index in [-0.39, 0.29) is 29.7 Å².